The highest BCUT2D eigenvalue weighted by Crippen LogP contribution is 2.33. The number of nitrogens with zero attached hydrogens (tertiary/aromatic N) is 5. The van der Waals surface area contributed by atoms with Crippen LogP contribution in [0.2, 0.25) is 5.28 Å². The van der Waals surface area contributed by atoms with Crippen LogP contribution in [0, 0.1) is 0 Å². The molecule has 3 aromatic rings. The number of rotatable bonds is 4. The summed E-state index contributed by atoms with van der Waals surface area (Å²) < 4.78 is 6.98. The van der Waals surface area contributed by atoms with Gasteiger partial charge in [-0.15, -0.1) is 0 Å². The standard InChI is InChI=1S/C13H10ClN5OS/c1-20-9-4-2-3-5-10(9)21-13-17-11(14)16-12(18-13)19-7-6-15-8-19/h2-8H,1H3. The zero-order valence-corrected chi connectivity index (χ0v) is 12.5. The van der Waals surface area contributed by atoms with Gasteiger partial charge in [0.1, 0.15) is 12.1 Å². The van der Waals surface area contributed by atoms with Gasteiger partial charge < -0.3 is 4.74 Å². The number of hydrogen-bond donors (Lipinski definition) is 0. The fourth-order valence-electron chi connectivity index (χ4n) is 1.66. The quantitative estimate of drug-likeness (QED) is 0.736. The molecule has 0 spiro atoms. The number of ether oxygens (including phenoxy) is 1. The van der Waals surface area contributed by atoms with Gasteiger partial charge in [0, 0.05) is 12.4 Å². The van der Waals surface area contributed by atoms with E-state index in [0.717, 1.165) is 10.6 Å². The average molecular weight is 320 g/mol. The fourth-order valence-corrected chi connectivity index (χ4v) is 2.72. The van der Waals surface area contributed by atoms with Gasteiger partial charge in [-0.05, 0) is 35.5 Å². The minimum absolute atomic E-state index is 0.131. The van der Waals surface area contributed by atoms with Gasteiger partial charge in [0.25, 0.3) is 0 Å². The second-order valence-electron chi connectivity index (χ2n) is 3.91. The number of methoxy groups -OCH3 is 1. The Kier molecular flexibility index (Phi) is 4.03. The van der Waals surface area contributed by atoms with E-state index in [1.54, 1.807) is 30.4 Å². The third-order valence-corrected chi connectivity index (χ3v) is 3.67. The van der Waals surface area contributed by atoms with Crippen molar-refractivity contribution in [1.82, 2.24) is 24.5 Å². The molecule has 8 heteroatoms. The van der Waals surface area contributed by atoms with E-state index >= 15 is 0 Å². The van der Waals surface area contributed by atoms with Crippen LogP contribution in [-0.2, 0) is 0 Å². The highest BCUT2D eigenvalue weighted by atomic mass is 35.5. The van der Waals surface area contributed by atoms with E-state index in [-0.39, 0.29) is 5.28 Å². The third-order valence-electron chi connectivity index (χ3n) is 2.58. The van der Waals surface area contributed by atoms with Crippen LogP contribution in [0.3, 0.4) is 0 Å². The Morgan fingerprint density at radius 2 is 2.05 bits per heavy atom. The molecular weight excluding hydrogens is 310 g/mol. The van der Waals surface area contributed by atoms with Crippen molar-refractivity contribution in [2.45, 2.75) is 10.1 Å². The normalized spacial score (nSPS) is 10.6. The zero-order valence-electron chi connectivity index (χ0n) is 11.0. The average Bonchev–Trinajstić information content (AvgIpc) is 3.01. The topological polar surface area (TPSA) is 65.7 Å². The van der Waals surface area contributed by atoms with Gasteiger partial charge in [-0.3, -0.25) is 4.57 Å². The molecule has 6 nitrogen and oxygen atoms in total. The molecule has 1 aromatic carbocycles. The van der Waals surface area contributed by atoms with Crippen molar-refractivity contribution in [1.29, 1.82) is 0 Å². The van der Waals surface area contributed by atoms with E-state index in [9.17, 15) is 0 Å². The number of para-hydroxylation sites is 1. The molecular formula is C13H10ClN5OS. The first-order valence-electron chi connectivity index (χ1n) is 5.97. The van der Waals surface area contributed by atoms with Crippen LogP contribution in [0.4, 0.5) is 0 Å². The molecule has 0 fully saturated rings. The van der Waals surface area contributed by atoms with Gasteiger partial charge in [-0.1, -0.05) is 12.1 Å². The van der Waals surface area contributed by atoms with Gasteiger partial charge in [0.2, 0.25) is 11.2 Å². The van der Waals surface area contributed by atoms with E-state index in [0.29, 0.717) is 11.1 Å². The summed E-state index contributed by atoms with van der Waals surface area (Å²) in [4.78, 5) is 17.4. The van der Waals surface area contributed by atoms with Gasteiger partial charge in [-0.2, -0.15) is 15.0 Å². The minimum atomic E-state index is 0.131. The summed E-state index contributed by atoms with van der Waals surface area (Å²) in [5, 5.41) is 0.620. The summed E-state index contributed by atoms with van der Waals surface area (Å²) in [5.41, 5.74) is 0. The van der Waals surface area contributed by atoms with E-state index in [1.807, 2.05) is 24.3 Å². The molecule has 0 bridgehead atoms. The maximum atomic E-state index is 5.97. The predicted octanol–water partition coefficient (Wildman–Crippen LogP) is 2.87. The predicted molar refractivity (Wildman–Crippen MR) is 79.1 cm³/mol. The largest absolute Gasteiger partial charge is 0.496 e. The molecule has 0 aliphatic rings. The first-order chi connectivity index (χ1) is 10.3. The second-order valence-corrected chi connectivity index (χ2v) is 5.26. The summed E-state index contributed by atoms with van der Waals surface area (Å²) in [6.45, 7) is 0. The molecule has 0 unspecified atom stereocenters. The molecule has 0 N–H and O–H groups in total. The monoisotopic (exact) mass is 319 g/mol. The van der Waals surface area contributed by atoms with Crippen LogP contribution in [0.5, 0.6) is 5.75 Å². The summed E-state index contributed by atoms with van der Waals surface area (Å²) >= 11 is 7.33. The van der Waals surface area contributed by atoms with Crippen LogP contribution in [0.25, 0.3) is 5.95 Å². The maximum absolute atomic E-state index is 5.97. The molecule has 0 radical (unpaired) electrons. The van der Waals surface area contributed by atoms with Gasteiger partial charge >= 0.3 is 0 Å². The van der Waals surface area contributed by atoms with Crippen molar-refractivity contribution in [2.24, 2.45) is 0 Å². The Hall–Kier alpha value is -2.12. The molecule has 2 heterocycles. The van der Waals surface area contributed by atoms with Gasteiger partial charge in [0.05, 0.1) is 12.0 Å². The minimum Gasteiger partial charge on any atom is -0.496 e. The van der Waals surface area contributed by atoms with E-state index in [4.69, 9.17) is 16.3 Å². The Labute approximate surface area is 130 Å². The first kappa shape index (κ1) is 13.8. The molecule has 3 rings (SSSR count). The molecule has 0 saturated carbocycles. The number of hydrogen-bond acceptors (Lipinski definition) is 6. The number of benzene rings is 1. The molecule has 2 aromatic heterocycles. The SMILES string of the molecule is COc1ccccc1Sc1nc(Cl)nc(-n2ccnc2)n1. The number of halogens is 1. The zero-order chi connectivity index (χ0) is 14.7. The lowest BCUT2D eigenvalue weighted by Crippen LogP contribution is -2.02. The summed E-state index contributed by atoms with van der Waals surface area (Å²) in [6, 6.07) is 7.63. The van der Waals surface area contributed by atoms with Crippen LogP contribution in [-0.4, -0.2) is 31.6 Å². The van der Waals surface area contributed by atoms with Gasteiger partial charge in [0.15, 0.2) is 5.16 Å². The smallest absolute Gasteiger partial charge is 0.240 e. The fraction of sp³-hybridized carbons (Fsp3) is 0.0769. The van der Waals surface area contributed by atoms with Gasteiger partial charge in [-0.25, -0.2) is 4.98 Å². The number of aromatic nitrogens is 5. The van der Waals surface area contributed by atoms with E-state index in [2.05, 4.69) is 19.9 Å². The van der Waals surface area contributed by atoms with E-state index in [1.165, 1.54) is 11.8 Å². The third kappa shape index (κ3) is 3.14. The van der Waals surface area contributed by atoms with Crippen molar-refractivity contribution in [2.75, 3.05) is 7.11 Å². The Morgan fingerprint density at radius 3 is 2.81 bits per heavy atom. The Balaban J connectivity index is 1.96. The first-order valence-corrected chi connectivity index (χ1v) is 7.16. The Bertz CT molecular complexity index is 750. The van der Waals surface area contributed by atoms with Crippen molar-refractivity contribution in [3.05, 3.63) is 48.3 Å². The lowest BCUT2D eigenvalue weighted by molar-refractivity contribution is 0.405. The van der Waals surface area contributed by atoms with Crippen LogP contribution >= 0.6 is 23.4 Å². The molecule has 106 valence electrons. The number of imidazole rings is 1. The van der Waals surface area contributed by atoms with Crippen LogP contribution in [0.15, 0.2) is 53.0 Å². The lowest BCUT2D eigenvalue weighted by Gasteiger charge is -2.07. The second kappa shape index (κ2) is 6.11. The summed E-state index contributed by atoms with van der Waals surface area (Å²) in [7, 11) is 1.62. The van der Waals surface area contributed by atoms with Crippen LogP contribution < -0.4 is 4.74 Å². The molecule has 0 amide bonds. The van der Waals surface area contributed by atoms with E-state index < -0.39 is 0 Å². The van der Waals surface area contributed by atoms with Crippen molar-refractivity contribution < 1.29 is 4.74 Å². The van der Waals surface area contributed by atoms with Crippen LogP contribution in [0.1, 0.15) is 0 Å². The molecule has 0 atom stereocenters. The Morgan fingerprint density at radius 1 is 1.19 bits per heavy atom. The molecule has 21 heavy (non-hydrogen) atoms. The molecule has 0 aliphatic heterocycles. The highest BCUT2D eigenvalue weighted by Gasteiger charge is 2.10. The highest BCUT2D eigenvalue weighted by molar-refractivity contribution is 7.99. The van der Waals surface area contributed by atoms with Crippen molar-refractivity contribution in [3.8, 4) is 11.7 Å². The maximum Gasteiger partial charge on any atom is 0.240 e. The summed E-state index contributed by atoms with van der Waals surface area (Å²) in [6.07, 6.45) is 4.98. The summed E-state index contributed by atoms with van der Waals surface area (Å²) in [5.74, 6) is 1.17. The molecule has 0 aliphatic carbocycles. The van der Waals surface area contributed by atoms with Crippen molar-refractivity contribution in [3.63, 3.8) is 0 Å². The molecule has 0 saturated heterocycles. The van der Waals surface area contributed by atoms with Crippen molar-refractivity contribution >= 4 is 23.4 Å². The lowest BCUT2D eigenvalue weighted by atomic mass is 10.3.